The summed E-state index contributed by atoms with van der Waals surface area (Å²) in [6, 6.07) is 19.2. The van der Waals surface area contributed by atoms with E-state index < -0.39 is 11.6 Å². The quantitative estimate of drug-likeness (QED) is 0.523. The molecule has 2 bridgehead atoms. The standard InChI is InChI=1S/C26H24FN3O2S/c1-15-8-13-20(16(2)14-15)28-24(31)22-23-19-6-4-5-7-21(19)32-26(22,3)30(25(33)29-23)18-11-9-17(27)10-12-18/h4-14,22-23H,1-3H3,(H,28,31)(H,29,33). The van der Waals surface area contributed by atoms with E-state index in [0.717, 1.165) is 22.4 Å². The van der Waals surface area contributed by atoms with Crippen molar-refractivity contribution >= 4 is 34.6 Å². The number of fused-ring (bicyclic) bond motifs is 4. The van der Waals surface area contributed by atoms with E-state index in [1.807, 2.05) is 63.2 Å². The highest BCUT2D eigenvalue weighted by molar-refractivity contribution is 7.80. The molecule has 1 fully saturated rings. The van der Waals surface area contributed by atoms with Crippen molar-refractivity contribution in [3.63, 3.8) is 0 Å². The highest BCUT2D eigenvalue weighted by Gasteiger charge is 2.59. The van der Waals surface area contributed by atoms with Crippen molar-refractivity contribution in [2.45, 2.75) is 32.5 Å². The van der Waals surface area contributed by atoms with E-state index in [1.165, 1.54) is 12.1 Å². The van der Waals surface area contributed by atoms with Crippen molar-refractivity contribution in [2.24, 2.45) is 5.92 Å². The Labute approximate surface area is 197 Å². The Morgan fingerprint density at radius 1 is 1.12 bits per heavy atom. The lowest BCUT2D eigenvalue weighted by Gasteiger charge is -2.56. The summed E-state index contributed by atoms with van der Waals surface area (Å²) in [6.07, 6.45) is 0. The molecule has 2 N–H and O–H groups in total. The molecular weight excluding hydrogens is 437 g/mol. The molecule has 3 aromatic rings. The molecule has 0 saturated carbocycles. The summed E-state index contributed by atoms with van der Waals surface area (Å²) in [4.78, 5) is 15.6. The first-order valence-corrected chi connectivity index (χ1v) is 11.2. The Morgan fingerprint density at radius 3 is 2.58 bits per heavy atom. The summed E-state index contributed by atoms with van der Waals surface area (Å²) in [6.45, 7) is 5.84. The van der Waals surface area contributed by atoms with E-state index >= 15 is 0 Å². The Kier molecular flexibility index (Phi) is 5.09. The van der Waals surface area contributed by atoms with Crippen LogP contribution in [0.25, 0.3) is 0 Å². The molecule has 0 aromatic heterocycles. The zero-order valence-corrected chi connectivity index (χ0v) is 19.4. The molecule has 5 rings (SSSR count). The third-order valence-electron chi connectivity index (χ3n) is 6.41. The highest BCUT2D eigenvalue weighted by atomic mass is 32.1. The van der Waals surface area contributed by atoms with Crippen LogP contribution in [0.3, 0.4) is 0 Å². The predicted molar refractivity (Wildman–Crippen MR) is 131 cm³/mol. The average molecular weight is 462 g/mol. The number of rotatable bonds is 3. The number of nitrogens with one attached hydrogen (secondary N) is 2. The number of hydrogen-bond donors (Lipinski definition) is 2. The van der Waals surface area contributed by atoms with Crippen molar-refractivity contribution in [3.05, 3.63) is 89.2 Å². The zero-order valence-electron chi connectivity index (χ0n) is 18.6. The van der Waals surface area contributed by atoms with E-state index in [9.17, 15) is 9.18 Å². The van der Waals surface area contributed by atoms with Crippen LogP contribution < -0.4 is 20.3 Å². The molecule has 3 unspecified atom stereocenters. The molecule has 0 spiro atoms. The largest absolute Gasteiger partial charge is 0.467 e. The molecule has 3 atom stereocenters. The lowest BCUT2D eigenvalue weighted by molar-refractivity contribution is -0.130. The number of hydrogen-bond acceptors (Lipinski definition) is 3. The smallest absolute Gasteiger partial charge is 0.236 e. The number of carbonyl (C=O) groups is 1. The van der Waals surface area contributed by atoms with Gasteiger partial charge in [-0.05, 0) is 75.0 Å². The van der Waals surface area contributed by atoms with E-state index in [2.05, 4.69) is 10.6 Å². The van der Waals surface area contributed by atoms with Crippen LogP contribution in [0.4, 0.5) is 15.8 Å². The van der Waals surface area contributed by atoms with Crippen LogP contribution in [0.15, 0.2) is 66.7 Å². The van der Waals surface area contributed by atoms with Gasteiger partial charge < -0.3 is 15.4 Å². The third kappa shape index (κ3) is 3.53. The molecule has 2 aliphatic rings. The summed E-state index contributed by atoms with van der Waals surface area (Å²) < 4.78 is 20.2. The number of anilines is 2. The average Bonchev–Trinajstić information content (AvgIpc) is 2.76. The van der Waals surface area contributed by atoms with Gasteiger partial charge in [-0.15, -0.1) is 0 Å². The maximum absolute atomic E-state index is 13.8. The van der Waals surface area contributed by atoms with Gasteiger partial charge in [0.25, 0.3) is 0 Å². The van der Waals surface area contributed by atoms with Gasteiger partial charge in [0.1, 0.15) is 17.5 Å². The first-order valence-electron chi connectivity index (χ1n) is 10.8. The number of aryl methyl sites for hydroxylation is 2. The summed E-state index contributed by atoms with van der Waals surface area (Å²) in [5.74, 6) is -0.504. The van der Waals surface area contributed by atoms with Gasteiger partial charge in [-0.2, -0.15) is 0 Å². The Morgan fingerprint density at radius 2 is 1.85 bits per heavy atom. The van der Waals surface area contributed by atoms with Gasteiger partial charge in [0.2, 0.25) is 5.91 Å². The normalized spacial score (nSPS) is 23.3. The number of para-hydroxylation sites is 1. The summed E-state index contributed by atoms with van der Waals surface area (Å²) in [5.41, 5.74) is 3.23. The van der Waals surface area contributed by atoms with Gasteiger partial charge in [-0.3, -0.25) is 9.69 Å². The van der Waals surface area contributed by atoms with Gasteiger partial charge in [0.15, 0.2) is 10.8 Å². The topological polar surface area (TPSA) is 53.6 Å². The van der Waals surface area contributed by atoms with Gasteiger partial charge in [-0.1, -0.05) is 35.9 Å². The summed E-state index contributed by atoms with van der Waals surface area (Å²) in [7, 11) is 0. The monoisotopic (exact) mass is 461 g/mol. The van der Waals surface area contributed by atoms with Crippen molar-refractivity contribution in [2.75, 3.05) is 10.2 Å². The maximum atomic E-state index is 13.8. The van der Waals surface area contributed by atoms with Crippen LogP contribution in [-0.2, 0) is 4.79 Å². The fourth-order valence-electron chi connectivity index (χ4n) is 4.87. The number of halogens is 1. The number of thiocarbonyl (C=S) groups is 1. The number of ether oxygens (including phenoxy) is 1. The summed E-state index contributed by atoms with van der Waals surface area (Å²) in [5, 5.41) is 6.87. The number of carbonyl (C=O) groups excluding carboxylic acids is 1. The second-order valence-corrected chi connectivity index (χ2v) is 9.11. The molecule has 1 saturated heterocycles. The number of benzene rings is 3. The first-order chi connectivity index (χ1) is 15.8. The van der Waals surface area contributed by atoms with E-state index in [-0.39, 0.29) is 17.8 Å². The van der Waals surface area contributed by atoms with Crippen LogP contribution in [-0.4, -0.2) is 16.7 Å². The molecule has 3 aromatic carbocycles. The fraction of sp³-hybridized carbons (Fsp3) is 0.231. The number of amides is 1. The second-order valence-electron chi connectivity index (χ2n) is 8.72. The molecule has 2 heterocycles. The Balaban J connectivity index is 1.61. The van der Waals surface area contributed by atoms with Gasteiger partial charge in [-0.25, -0.2) is 4.39 Å². The van der Waals surface area contributed by atoms with Crippen LogP contribution in [0.2, 0.25) is 0 Å². The molecule has 168 valence electrons. The second kappa shape index (κ2) is 7.85. The van der Waals surface area contributed by atoms with Crippen molar-refractivity contribution in [1.29, 1.82) is 0 Å². The zero-order chi connectivity index (χ0) is 23.3. The summed E-state index contributed by atoms with van der Waals surface area (Å²) >= 11 is 5.71. The predicted octanol–water partition coefficient (Wildman–Crippen LogP) is 5.24. The molecule has 2 aliphatic heterocycles. The van der Waals surface area contributed by atoms with Crippen molar-refractivity contribution in [3.8, 4) is 5.75 Å². The minimum absolute atomic E-state index is 0.189. The molecule has 33 heavy (non-hydrogen) atoms. The van der Waals surface area contributed by atoms with Crippen molar-refractivity contribution < 1.29 is 13.9 Å². The molecule has 7 heteroatoms. The first kappa shape index (κ1) is 21.4. The van der Waals surface area contributed by atoms with Crippen LogP contribution in [0, 0.1) is 25.6 Å². The minimum atomic E-state index is -1.14. The minimum Gasteiger partial charge on any atom is -0.467 e. The van der Waals surface area contributed by atoms with Crippen LogP contribution in [0.1, 0.15) is 29.7 Å². The molecule has 0 aliphatic carbocycles. The van der Waals surface area contributed by atoms with Crippen molar-refractivity contribution in [1.82, 2.24) is 5.32 Å². The Hall–Kier alpha value is -3.45. The lowest BCUT2D eigenvalue weighted by atomic mass is 9.78. The molecule has 1 amide bonds. The molecule has 5 nitrogen and oxygen atoms in total. The van der Waals surface area contributed by atoms with Gasteiger partial charge in [0.05, 0.1) is 6.04 Å². The SMILES string of the molecule is Cc1ccc(NC(=O)C2C3NC(=S)N(c4ccc(F)cc4)C2(C)Oc2ccccc23)c(C)c1. The van der Waals surface area contributed by atoms with E-state index in [4.69, 9.17) is 17.0 Å². The lowest BCUT2D eigenvalue weighted by Crippen LogP contribution is -2.72. The fourth-order valence-corrected chi connectivity index (χ4v) is 5.29. The van der Waals surface area contributed by atoms with Gasteiger partial charge >= 0.3 is 0 Å². The van der Waals surface area contributed by atoms with Gasteiger partial charge in [0, 0.05) is 16.9 Å². The third-order valence-corrected chi connectivity index (χ3v) is 6.71. The number of nitrogens with zero attached hydrogens (tertiary/aromatic N) is 1. The maximum Gasteiger partial charge on any atom is 0.236 e. The molecular formula is C26H24FN3O2S. The van der Waals surface area contributed by atoms with Crippen LogP contribution in [0.5, 0.6) is 5.75 Å². The van der Waals surface area contributed by atoms with Crippen LogP contribution >= 0.6 is 12.2 Å². The van der Waals surface area contributed by atoms with E-state index in [0.29, 0.717) is 16.5 Å². The Bertz CT molecular complexity index is 1260. The highest BCUT2D eigenvalue weighted by Crippen LogP contribution is 2.49. The van der Waals surface area contributed by atoms with E-state index in [1.54, 1.807) is 17.0 Å². The molecule has 0 radical (unpaired) electrons.